The van der Waals surface area contributed by atoms with Crippen LogP contribution in [0.25, 0.3) is 0 Å². The van der Waals surface area contributed by atoms with Crippen LogP contribution in [-0.2, 0) is 0 Å². The zero-order chi connectivity index (χ0) is 10.8. The number of aliphatic hydroxyl groups is 1. The van der Waals surface area contributed by atoms with E-state index in [2.05, 4.69) is 10.3 Å². The number of hydrogen-bond acceptors (Lipinski definition) is 3. The number of aryl methyl sites for hydroxylation is 1. The van der Waals surface area contributed by atoms with Crippen LogP contribution in [0.15, 0.2) is 18.3 Å². The fourth-order valence-corrected chi connectivity index (χ4v) is 1.03. The Hall–Kier alpha value is -1.09. The largest absolute Gasteiger partial charge is 0.391 e. The normalized spacial score (nSPS) is 13.8. The molecular formula is C11H18N2O. The van der Waals surface area contributed by atoms with E-state index in [0.29, 0.717) is 0 Å². The van der Waals surface area contributed by atoms with E-state index in [1.54, 1.807) is 13.1 Å². The minimum absolute atomic E-state index is 0.362. The zero-order valence-corrected chi connectivity index (χ0v) is 9.20. The zero-order valence-electron chi connectivity index (χ0n) is 9.20. The quantitative estimate of drug-likeness (QED) is 0.773. The molecule has 0 spiro atoms. The number of aliphatic hydroxyl groups excluding tert-OH is 1. The minimum atomic E-state index is -0.427. The van der Waals surface area contributed by atoms with Crippen molar-refractivity contribution < 1.29 is 5.11 Å². The summed E-state index contributed by atoms with van der Waals surface area (Å²) in [7, 11) is 0. The number of anilines is 1. The van der Waals surface area contributed by atoms with Crippen LogP contribution in [0.1, 0.15) is 26.3 Å². The average Bonchev–Trinajstić information content (AvgIpc) is 2.08. The third-order valence-corrected chi connectivity index (χ3v) is 2.49. The maximum atomic E-state index is 9.54. The van der Waals surface area contributed by atoms with Crippen LogP contribution in [0.4, 0.5) is 5.82 Å². The van der Waals surface area contributed by atoms with Crippen molar-refractivity contribution in [2.24, 2.45) is 0 Å². The first kappa shape index (κ1) is 11.0. The summed E-state index contributed by atoms with van der Waals surface area (Å²) in [4.78, 5) is 4.22. The van der Waals surface area contributed by atoms with Gasteiger partial charge in [-0.15, -0.1) is 0 Å². The summed E-state index contributed by atoms with van der Waals surface area (Å²) in [5.41, 5.74) is 0.722. The Balaban J connectivity index is 2.84. The molecule has 0 saturated heterocycles. The third-order valence-electron chi connectivity index (χ3n) is 2.49. The summed E-state index contributed by atoms with van der Waals surface area (Å²) in [6, 6.07) is 3.89. The summed E-state index contributed by atoms with van der Waals surface area (Å²) >= 11 is 0. The van der Waals surface area contributed by atoms with Gasteiger partial charge >= 0.3 is 0 Å². The predicted octanol–water partition coefficient (Wildman–Crippen LogP) is 1.96. The minimum Gasteiger partial charge on any atom is -0.391 e. The second-order valence-corrected chi connectivity index (χ2v) is 4.19. The Morgan fingerprint density at radius 3 is 2.64 bits per heavy atom. The summed E-state index contributed by atoms with van der Waals surface area (Å²) in [5, 5.41) is 12.8. The molecule has 78 valence electrons. The molecule has 1 rings (SSSR count). The lowest BCUT2D eigenvalue weighted by atomic mass is 9.98. The van der Waals surface area contributed by atoms with Gasteiger partial charge in [0.25, 0.3) is 0 Å². The maximum absolute atomic E-state index is 9.54. The molecule has 0 aliphatic rings. The lowest BCUT2D eigenvalue weighted by Crippen LogP contribution is -2.42. The van der Waals surface area contributed by atoms with Crippen molar-refractivity contribution in [3.05, 3.63) is 23.9 Å². The van der Waals surface area contributed by atoms with Gasteiger partial charge in [0.2, 0.25) is 0 Å². The molecule has 0 aromatic carbocycles. The Morgan fingerprint density at radius 1 is 1.50 bits per heavy atom. The first-order chi connectivity index (χ1) is 6.43. The lowest BCUT2D eigenvalue weighted by molar-refractivity contribution is 0.133. The molecule has 14 heavy (non-hydrogen) atoms. The van der Waals surface area contributed by atoms with E-state index in [0.717, 1.165) is 11.4 Å². The lowest BCUT2D eigenvalue weighted by Gasteiger charge is -2.30. The van der Waals surface area contributed by atoms with Crippen LogP contribution in [-0.4, -0.2) is 21.7 Å². The van der Waals surface area contributed by atoms with Gasteiger partial charge in [0.05, 0.1) is 11.6 Å². The van der Waals surface area contributed by atoms with Gasteiger partial charge in [-0.1, -0.05) is 6.07 Å². The molecule has 0 aliphatic carbocycles. The van der Waals surface area contributed by atoms with Crippen molar-refractivity contribution in [2.45, 2.75) is 39.3 Å². The molecule has 1 aromatic heterocycles. The average molecular weight is 194 g/mol. The molecule has 3 nitrogen and oxygen atoms in total. The maximum Gasteiger partial charge on any atom is 0.129 e. The number of nitrogens with zero attached hydrogens (tertiary/aromatic N) is 1. The molecule has 0 aliphatic heterocycles. The number of aromatic nitrogens is 1. The molecule has 1 atom stereocenters. The van der Waals surface area contributed by atoms with Crippen molar-refractivity contribution in [1.82, 2.24) is 4.98 Å². The highest BCUT2D eigenvalue weighted by atomic mass is 16.3. The molecule has 1 heterocycles. The summed E-state index contributed by atoms with van der Waals surface area (Å²) in [5.74, 6) is 0.832. The SMILES string of the molecule is Cc1cccnc1NC(C)(C)C(C)O. The first-order valence-electron chi connectivity index (χ1n) is 4.81. The third kappa shape index (κ3) is 2.45. The molecule has 2 N–H and O–H groups in total. The molecule has 1 aromatic rings. The highest BCUT2D eigenvalue weighted by Crippen LogP contribution is 2.18. The molecule has 0 fully saturated rings. The smallest absolute Gasteiger partial charge is 0.129 e. The van der Waals surface area contributed by atoms with Crippen molar-refractivity contribution in [3.8, 4) is 0 Å². The van der Waals surface area contributed by atoms with Crippen molar-refractivity contribution in [3.63, 3.8) is 0 Å². The Bertz CT molecular complexity index is 308. The van der Waals surface area contributed by atoms with Crippen molar-refractivity contribution in [2.75, 3.05) is 5.32 Å². The van der Waals surface area contributed by atoms with Gasteiger partial charge in [0.1, 0.15) is 5.82 Å². The highest BCUT2D eigenvalue weighted by Gasteiger charge is 2.24. The Kier molecular flexibility index (Phi) is 3.11. The van der Waals surface area contributed by atoms with E-state index in [1.165, 1.54) is 0 Å². The van der Waals surface area contributed by atoms with Gasteiger partial charge in [0.15, 0.2) is 0 Å². The van der Waals surface area contributed by atoms with Crippen LogP contribution < -0.4 is 5.32 Å². The van der Waals surface area contributed by atoms with Crippen LogP contribution >= 0.6 is 0 Å². The van der Waals surface area contributed by atoms with Crippen LogP contribution in [0.2, 0.25) is 0 Å². The monoisotopic (exact) mass is 194 g/mol. The van der Waals surface area contributed by atoms with E-state index in [4.69, 9.17) is 0 Å². The first-order valence-corrected chi connectivity index (χ1v) is 4.81. The van der Waals surface area contributed by atoms with E-state index in [-0.39, 0.29) is 5.54 Å². The summed E-state index contributed by atoms with van der Waals surface area (Å²) < 4.78 is 0. The van der Waals surface area contributed by atoms with Crippen LogP contribution in [0.3, 0.4) is 0 Å². The van der Waals surface area contributed by atoms with Gasteiger partial charge < -0.3 is 10.4 Å². The van der Waals surface area contributed by atoms with E-state index in [9.17, 15) is 5.11 Å². The summed E-state index contributed by atoms with van der Waals surface area (Å²) in [6.07, 6.45) is 1.32. The molecule has 0 amide bonds. The van der Waals surface area contributed by atoms with Crippen LogP contribution in [0, 0.1) is 6.92 Å². The van der Waals surface area contributed by atoms with Crippen molar-refractivity contribution >= 4 is 5.82 Å². The molecule has 3 heteroatoms. The van der Waals surface area contributed by atoms with Gasteiger partial charge in [0, 0.05) is 6.20 Å². The van der Waals surface area contributed by atoms with Gasteiger partial charge in [-0.2, -0.15) is 0 Å². The molecular weight excluding hydrogens is 176 g/mol. The second-order valence-electron chi connectivity index (χ2n) is 4.19. The molecule has 0 saturated carbocycles. The Morgan fingerprint density at radius 2 is 2.14 bits per heavy atom. The topological polar surface area (TPSA) is 45.2 Å². The molecule has 1 unspecified atom stereocenters. The number of pyridine rings is 1. The fourth-order valence-electron chi connectivity index (χ4n) is 1.03. The van der Waals surface area contributed by atoms with Gasteiger partial charge in [-0.25, -0.2) is 4.98 Å². The Labute approximate surface area is 85.2 Å². The van der Waals surface area contributed by atoms with Crippen molar-refractivity contribution in [1.29, 1.82) is 0 Å². The highest BCUT2D eigenvalue weighted by molar-refractivity contribution is 5.44. The van der Waals surface area contributed by atoms with Crippen LogP contribution in [0.5, 0.6) is 0 Å². The van der Waals surface area contributed by atoms with E-state index < -0.39 is 6.10 Å². The standard InChI is InChI=1S/C11H18N2O/c1-8-6-5-7-12-10(8)13-11(3,4)9(2)14/h5-7,9,14H,1-4H3,(H,12,13). The second kappa shape index (κ2) is 3.96. The van der Waals surface area contributed by atoms with E-state index >= 15 is 0 Å². The summed E-state index contributed by atoms with van der Waals surface area (Å²) in [6.45, 7) is 7.66. The van der Waals surface area contributed by atoms with Gasteiger partial charge in [-0.05, 0) is 39.3 Å². The predicted molar refractivity (Wildman–Crippen MR) is 58.4 cm³/mol. The molecule has 0 radical (unpaired) electrons. The molecule has 0 bridgehead atoms. The van der Waals surface area contributed by atoms with E-state index in [1.807, 2.05) is 32.9 Å². The number of nitrogens with one attached hydrogen (secondary N) is 1. The number of hydrogen-bond donors (Lipinski definition) is 2. The number of rotatable bonds is 3. The van der Waals surface area contributed by atoms with Gasteiger partial charge in [-0.3, -0.25) is 0 Å². The fraction of sp³-hybridized carbons (Fsp3) is 0.545.